The van der Waals surface area contributed by atoms with Crippen LogP contribution in [-0.4, -0.2) is 41.1 Å². The molecule has 0 radical (unpaired) electrons. The van der Waals surface area contributed by atoms with Gasteiger partial charge in [0.05, 0.1) is 9.89 Å². The molecule has 1 aromatic rings. The topological polar surface area (TPSA) is 69.6 Å². The van der Waals surface area contributed by atoms with Crippen LogP contribution < -0.4 is 5.32 Å². The summed E-state index contributed by atoms with van der Waals surface area (Å²) in [6.07, 6.45) is 1.02. The second-order valence-corrected chi connectivity index (χ2v) is 7.19. The first kappa shape index (κ1) is 17.7. The molecule has 126 valence electrons. The molecule has 1 saturated heterocycles. The van der Waals surface area contributed by atoms with Crippen LogP contribution in [-0.2, 0) is 11.2 Å². The van der Waals surface area contributed by atoms with Crippen molar-refractivity contribution >= 4 is 27.9 Å². The Morgan fingerprint density at radius 1 is 1.52 bits per heavy atom. The van der Waals surface area contributed by atoms with E-state index in [1.54, 1.807) is 19.1 Å². The van der Waals surface area contributed by atoms with Crippen molar-refractivity contribution in [3.63, 3.8) is 0 Å². The quantitative estimate of drug-likeness (QED) is 0.835. The van der Waals surface area contributed by atoms with Crippen LogP contribution in [0.5, 0.6) is 0 Å². The first-order chi connectivity index (χ1) is 10.7. The summed E-state index contributed by atoms with van der Waals surface area (Å²) < 4.78 is 13.6. The second-order valence-electron chi connectivity index (χ2n) is 6.34. The molecule has 7 heteroatoms. The van der Waals surface area contributed by atoms with Gasteiger partial charge in [0.25, 0.3) is 0 Å². The SMILES string of the molecule is CC(Cc1ccc(F)c(Br)c1)NC(=O)N1CCC(C)(C(=O)O)C1. The fourth-order valence-corrected chi connectivity index (χ4v) is 3.11. The van der Waals surface area contributed by atoms with Gasteiger partial charge in [-0.25, -0.2) is 9.18 Å². The number of rotatable bonds is 4. The van der Waals surface area contributed by atoms with E-state index in [0.29, 0.717) is 23.9 Å². The van der Waals surface area contributed by atoms with Crippen LogP contribution in [0.25, 0.3) is 0 Å². The number of amides is 2. The van der Waals surface area contributed by atoms with Gasteiger partial charge in [0.15, 0.2) is 0 Å². The normalized spacial score (nSPS) is 22.0. The van der Waals surface area contributed by atoms with E-state index in [1.807, 2.05) is 6.92 Å². The van der Waals surface area contributed by atoms with Gasteiger partial charge >= 0.3 is 12.0 Å². The molecule has 0 aliphatic carbocycles. The number of carboxylic acids is 1. The fourth-order valence-electron chi connectivity index (χ4n) is 2.68. The van der Waals surface area contributed by atoms with Crippen molar-refractivity contribution in [2.45, 2.75) is 32.7 Å². The van der Waals surface area contributed by atoms with E-state index in [-0.39, 0.29) is 24.4 Å². The Bertz CT molecular complexity index is 625. The molecular formula is C16H20BrFN2O3. The third-order valence-electron chi connectivity index (χ3n) is 4.17. The Morgan fingerprint density at radius 3 is 2.78 bits per heavy atom. The molecule has 1 aliphatic heterocycles. The van der Waals surface area contributed by atoms with Gasteiger partial charge in [-0.3, -0.25) is 4.79 Å². The summed E-state index contributed by atoms with van der Waals surface area (Å²) in [6, 6.07) is 4.35. The zero-order valence-corrected chi connectivity index (χ0v) is 14.7. The standard InChI is InChI=1S/C16H20BrFN2O3/c1-10(7-11-3-4-13(18)12(17)8-11)19-15(23)20-6-5-16(2,9-20)14(21)22/h3-4,8,10H,5-7,9H2,1-2H3,(H,19,23)(H,21,22). The van der Waals surface area contributed by atoms with Crippen molar-refractivity contribution in [3.05, 3.63) is 34.1 Å². The number of carboxylic acid groups (broad SMARTS) is 1. The number of urea groups is 1. The maximum Gasteiger partial charge on any atom is 0.317 e. The minimum absolute atomic E-state index is 0.142. The Balaban J connectivity index is 1.90. The van der Waals surface area contributed by atoms with Gasteiger partial charge in [-0.2, -0.15) is 0 Å². The highest BCUT2D eigenvalue weighted by Crippen LogP contribution is 2.30. The van der Waals surface area contributed by atoms with E-state index in [4.69, 9.17) is 0 Å². The van der Waals surface area contributed by atoms with Gasteiger partial charge in [0.2, 0.25) is 0 Å². The van der Waals surface area contributed by atoms with Gasteiger partial charge in [-0.1, -0.05) is 6.07 Å². The minimum atomic E-state index is -0.878. The van der Waals surface area contributed by atoms with Crippen molar-refractivity contribution in [1.29, 1.82) is 0 Å². The molecule has 0 bridgehead atoms. The number of carbonyl (C=O) groups is 2. The van der Waals surface area contributed by atoms with Gasteiger partial charge in [-0.15, -0.1) is 0 Å². The summed E-state index contributed by atoms with van der Waals surface area (Å²) in [6.45, 7) is 4.16. The lowest BCUT2D eigenvalue weighted by Gasteiger charge is -2.23. The second kappa shape index (κ2) is 6.86. The lowest BCUT2D eigenvalue weighted by molar-refractivity contribution is -0.146. The molecule has 0 spiro atoms. The average Bonchev–Trinajstić information content (AvgIpc) is 2.87. The Hall–Kier alpha value is -1.63. The van der Waals surface area contributed by atoms with Gasteiger partial charge < -0.3 is 15.3 Å². The zero-order chi connectivity index (χ0) is 17.2. The monoisotopic (exact) mass is 386 g/mol. The van der Waals surface area contributed by atoms with Crippen LogP contribution in [0.2, 0.25) is 0 Å². The molecule has 1 aromatic carbocycles. The largest absolute Gasteiger partial charge is 0.481 e. The predicted octanol–water partition coefficient (Wildman–Crippen LogP) is 3.03. The van der Waals surface area contributed by atoms with Crippen molar-refractivity contribution < 1.29 is 19.1 Å². The van der Waals surface area contributed by atoms with Crippen molar-refractivity contribution in [3.8, 4) is 0 Å². The van der Waals surface area contributed by atoms with Crippen LogP contribution in [0.1, 0.15) is 25.8 Å². The highest BCUT2D eigenvalue weighted by atomic mass is 79.9. The molecule has 23 heavy (non-hydrogen) atoms. The van der Waals surface area contributed by atoms with Gasteiger partial charge in [-0.05, 0) is 60.3 Å². The number of benzene rings is 1. The van der Waals surface area contributed by atoms with Crippen LogP contribution in [0.3, 0.4) is 0 Å². The van der Waals surface area contributed by atoms with Crippen LogP contribution in [0, 0.1) is 11.2 Å². The number of aliphatic carboxylic acids is 1. The maximum absolute atomic E-state index is 13.2. The summed E-state index contributed by atoms with van der Waals surface area (Å²) >= 11 is 3.14. The van der Waals surface area contributed by atoms with E-state index in [1.165, 1.54) is 11.0 Å². The minimum Gasteiger partial charge on any atom is -0.481 e. The zero-order valence-electron chi connectivity index (χ0n) is 13.1. The molecule has 2 atom stereocenters. The van der Waals surface area contributed by atoms with Crippen molar-refractivity contribution in [2.24, 2.45) is 5.41 Å². The molecule has 1 aliphatic rings. The number of hydrogen-bond donors (Lipinski definition) is 2. The maximum atomic E-state index is 13.2. The first-order valence-electron chi connectivity index (χ1n) is 7.44. The average molecular weight is 387 g/mol. The molecule has 2 amide bonds. The lowest BCUT2D eigenvalue weighted by atomic mass is 9.90. The first-order valence-corrected chi connectivity index (χ1v) is 8.23. The van der Waals surface area contributed by atoms with E-state index >= 15 is 0 Å². The number of nitrogens with zero attached hydrogens (tertiary/aromatic N) is 1. The molecular weight excluding hydrogens is 367 g/mol. The van der Waals surface area contributed by atoms with E-state index < -0.39 is 11.4 Å². The number of carbonyl (C=O) groups excluding carboxylic acids is 1. The number of nitrogens with one attached hydrogen (secondary N) is 1. The number of hydrogen-bond acceptors (Lipinski definition) is 2. The van der Waals surface area contributed by atoms with E-state index in [0.717, 1.165) is 5.56 Å². The molecule has 5 nitrogen and oxygen atoms in total. The predicted molar refractivity (Wildman–Crippen MR) is 87.7 cm³/mol. The molecule has 2 unspecified atom stereocenters. The highest BCUT2D eigenvalue weighted by molar-refractivity contribution is 9.10. The van der Waals surface area contributed by atoms with Crippen LogP contribution in [0.4, 0.5) is 9.18 Å². The molecule has 2 N–H and O–H groups in total. The Morgan fingerprint density at radius 2 is 2.22 bits per heavy atom. The third-order valence-corrected chi connectivity index (χ3v) is 4.78. The summed E-state index contributed by atoms with van der Waals surface area (Å²) in [4.78, 5) is 25.0. The van der Waals surface area contributed by atoms with Crippen LogP contribution >= 0.6 is 15.9 Å². The lowest BCUT2D eigenvalue weighted by Crippen LogP contribution is -2.44. The van der Waals surface area contributed by atoms with Gasteiger partial charge in [0, 0.05) is 19.1 Å². The van der Waals surface area contributed by atoms with Crippen molar-refractivity contribution in [1.82, 2.24) is 10.2 Å². The Kier molecular flexibility index (Phi) is 5.29. The summed E-state index contributed by atoms with van der Waals surface area (Å²) in [5, 5.41) is 12.1. The summed E-state index contributed by atoms with van der Waals surface area (Å²) in [7, 11) is 0. The molecule has 1 fully saturated rings. The smallest absolute Gasteiger partial charge is 0.317 e. The number of likely N-dealkylation sites (tertiary alicyclic amines) is 1. The van der Waals surface area contributed by atoms with Gasteiger partial charge in [0.1, 0.15) is 5.82 Å². The summed E-state index contributed by atoms with van der Waals surface area (Å²) in [5.41, 5.74) is 0.0328. The van der Waals surface area contributed by atoms with Crippen LogP contribution in [0.15, 0.2) is 22.7 Å². The molecule has 0 saturated carbocycles. The summed E-state index contributed by atoms with van der Waals surface area (Å²) in [5.74, 6) is -1.20. The highest BCUT2D eigenvalue weighted by Gasteiger charge is 2.42. The number of halogens is 2. The van der Waals surface area contributed by atoms with E-state index in [2.05, 4.69) is 21.2 Å². The molecule has 0 aromatic heterocycles. The fraction of sp³-hybridized carbons (Fsp3) is 0.500. The van der Waals surface area contributed by atoms with E-state index in [9.17, 15) is 19.1 Å². The van der Waals surface area contributed by atoms with Crippen molar-refractivity contribution in [2.75, 3.05) is 13.1 Å². The Labute approximate surface area is 143 Å². The molecule has 2 rings (SSSR count). The third kappa shape index (κ3) is 4.22. The molecule has 1 heterocycles.